The SMILES string of the molecule is O=C(O)CC1CCNc2c(Cl)cc(Cl)cc21. The number of rotatable bonds is 2. The Balaban J connectivity index is 2.41. The molecular formula is C11H11Cl2NO2. The minimum absolute atomic E-state index is 0.00931. The fraction of sp³-hybridized carbons (Fsp3) is 0.364. The average Bonchev–Trinajstić information content (AvgIpc) is 2.18. The van der Waals surface area contributed by atoms with Gasteiger partial charge in [-0.3, -0.25) is 4.79 Å². The van der Waals surface area contributed by atoms with Crippen LogP contribution in [0.5, 0.6) is 0 Å². The fourth-order valence-electron chi connectivity index (χ4n) is 2.05. The standard InChI is InChI=1S/C11H11Cl2NO2/c12-7-4-8-6(3-10(15)16)1-2-14-11(8)9(13)5-7/h4-6,14H,1-3H2,(H,15,16). The Morgan fingerprint density at radius 2 is 2.25 bits per heavy atom. The predicted octanol–water partition coefficient (Wildman–Crippen LogP) is 3.37. The third kappa shape index (κ3) is 2.25. The van der Waals surface area contributed by atoms with E-state index in [1.165, 1.54) is 0 Å². The lowest BCUT2D eigenvalue weighted by Crippen LogP contribution is -2.19. The maximum Gasteiger partial charge on any atom is 0.303 e. The lowest BCUT2D eigenvalue weighted by molar-refractivity contribution is -0.137. The van der Waals surface area contributed by atoms with Gasteiger partial charge in [-0.25, -0.2) is 0 Å². The summed E-state index contributed by atoms with van der Waals surface area (Å²) in [7, 11) is 0. The molecule has 1 unspecified atom stereocenters. The number of carbonyl (C=O) groups is 1. The Morgan fingerprint density at radius 1 is 1.50 bits per heavy atom. The average molecular weight is 260 g/mol. The molecule has 16 heavy (non-hydrogen) atoms. The molecule has 86 valence electrons. The van der Waals surface area contributed by atoms with Crippen LogP contribution in [0.1, 0.15) is 24.3 Å². The van der Waals surface area contributed by atoms with Crippen molar-refractivity contribution < 1.29 is 9.90 Å². The van der Waals surface area contributed by atoms with Crippen LogP contribution in [0, 0.1) is 0 Å². The van der Waals surface area contributed by atoms with Crippen molar-refractivity contribution in [3.63, 3.8) is 0 Å². The van der Waals surface area contributed by atoms with Crippen LogP contribution in [0.3, 0.4) is 0 Å². The van der Waals surface area contributed by atoms with Crippen molar-refractivity contribution in [2.75, 3.05) is 11.9 Å². The predicted molar refractivity (Wildman–Crippen MR) is 64.6 cm³/mol. The largest absolute Gasteiger partial charge is 0.481 e. The zero-order valence-electron chi connectivity index (χ0n) is 8.46. The van der Waals surface area contributed by atoms with E-state index in [1.807, 2.05) is 0 Å². The number of hydrogen-bond donors (Lipinski definition) is 2. The number of fused-ring (bicyclic) bond motifs is 1. The van der Waals surface area contributed by atoms with Gasteiger partial charge < -0.3 is 10.4 Å². The van der Waals surface area contributed by atoms with Gasteiger partial charge in [0.05, 0.1) is 17.1 Å². The summed E-state index contributed by atoms with van der Waals surface area (Å²) in [5, 5.41) is 13.1. The highest BCUT2D eigenvalue weighted by molar-refractivity contribution is 6.36. The second-order valence-electron chi connectivity index (χ2n) is 3.86. The summed E-state index contributed by atoms with van der Waals surface area (Å²) in [4.78, 5) is 10.8. The lowest BCUT2D eigenvalue weighted by Gasteiger charge is -2.26. The van der Waals surface area contributed by atoms with Gasteiger partial charge >= 0.3 is 5.97 Å². The summed E-state index contributed by atoms with van der Waals surface area (Å²) in [5.74, 6) is -0.807. The van der Waals surface area contributed by atoms with E-state index < -0.39 is 5.97 Å². The van der Waals surface area contributed by atoms with E-state index in [-0.39, 0.29) is 12.3 Å². The molecule has 0 amide bonds. The molecule has 2 N–H and O–H groups in total. The van der Waals surface area contributed by atoms with Gasteiger partial charge in [0.15, 0.2) is 0 Å². The van der Waals surface area contributed by atoms with E-state index in [9.17, 15) is 4.79 Å². The number of nitrogens with one attached hydrogen (secondary N) is 1. The second kappa shape index (κ2) is 4.52. The van der Waals surface area contributed by atoms with Crippen LogP contribution in [0.4, 0.5) is 5.69 Å². The summed E-state index contributed by atoms with van der Waals surface area (Å²) >= 11 is 12.0. The normalized spacial score (nSPS) is 18.8. The van der Waals surface area contributed by atoms with Crippen molar-refractivity contribution in [3.05, 3.63) is 27.7 Å². The molecule has 5 heteroatoms. The zero-order valence-corrected chi connectivity index (χ0v) is 9.98. The second-order valence-corrected chi connectivity index (χ2v) is 4.71. The summed E-state index contributed by atoms with van der Waals surface area (Å²) in [6, 6.07) is 3.46. The molecule has 0 bridgehead atoms. The van der Waals surface area contributed by atoms with Crippen LogP contribution < -0.4 is 5.32 Å². The van der Waals surface area contributed by atoms with E-state index in [0.29, 0.717) is 10.0 Å². The molecule has 2 rings (SSSR count). The van der Waals surface area contributed by atoms with Gasteiger partial charge in [0.1, 0.15) is 0 Å². The highest BCUT2D eigenvalue weighted by Gasteiger charge is 2.24. The van der Waals surface area contributed by atoms with Gasteiger partial charge in [0.2, 0.25) is 0 Å². The van der Waals surface area contributed by atoms with Crippen LogP contribution in [0.25, 0.3) is 0 Å². The highest BCUT2D eigenvalue weighted by Crippen LogP contribution is 2.40. The third-order valence-electron chi connectivity index (χ3n) is 2.74. The number of aliphatic carboxylic acids is 1. The van der Waals surface area contributed by atoms with Crippen molar-refractivity contribution in [1.29, 1.82) is 0 Å². The number of anilines is 1. The van der Waals surface area contributed by atoms with E-state index in [1.54, 1.807) is 12.1 Å². The first-order chi connectivity index (χ1) is 7.58. The van der Waals surface area contributed by atoms with E-state index in [2.05, 4.69) is 5.32 Å². The molecule has 0 aromatic heterocycles. The summed E-state index contributed by atoms with van der Waals surface area (Å²) < 4.78 is 0. The van der Waals surface area contributed by atoms with Gasteiger partial charge in [0.25, 0.3) is 0 Å². The van der Waals surface area contributed by atoms with Gasteiger partial charge in [-0.2, -0.15) is 0 Å². The smallest absolute Gasteiger partial charge is 0.303 e. The minimum Gasteiger partial charge on any atom is -0.481 e. The first-order valence-electron chi connectivity index (χ1n) is 5.02. The number of hydrogen-bond acceptors (Lipinski definition) is 2. The lowest BCUT2D eigenvalue weighted by atomic mass is 9.88. The molecule has 1 aliphatic heterocycles. The molecule has 0 fully saturated rings. The molecule has 1 heterocycles. The molecule has 0 saturated heterocycles. The van der Waals surface area contributed by atoms with E-state index in [0.717, 1.165) is 24.2 Å². The maximum absolute atomic E-state index is 10.8. The maximum atomic E-state index is 10.8. The van der Waals surface area contributed by atoms with Crippen molar-refractivity contribution in [3.8, 4) is 0 Å². The van der Waals surface area contributed by atoms with Crippen LogP contribution in [0.15, 0.2) is 12.1 Å². The summed E-state index contributed by atoms with van der Waals surface area (Å²) in [5.41, 5.74) is 1.73. The molecule has 1 aliphatic rings. The Bertz CT molecular complexity index is 434. The van der Waals surface area contributed by atoms with E-state index in [4.69, 9.17) is 28.3 Å². The first-order valence-corrected chi connectivity index (χ1v) is 5.78. The van der Waals surface area contributed by atoms with Gasteiger partial charge in [0, 0.05) is 11.6 Å². The summed E-state index contributed by atoms with van der Waals surface area (Å²) in [6.45, 7) is 0.742. The third-order valence-corrected chi connectivity index (χ3v) is 3.26. The topological polar surface area (TPSA) is 49.3 Å². The Hall–Kier alpha value is -0.930. The van der Waals surface area contributed by atoms with Crippen molar-refractivity contribution in [2.24, 2.45) is 0 Å². The minimum atomic E-state index is -0.797. The Morgan fingerprint density at radius 3 is 2.94 bits per heavy atom. The number of carboxylic acids is 1. The quantitative estimate of drug-likeness (QED) is 0.857. The molecule has 3 nitrogen and oxygen atoms in total. The fourth-order valence-corrected chi connectivity index (χ4v) is 2.63. The molecule has 1 aromatic rings. The highest BCUT2D eigenvalue weighted by atomic mass is 35.5. The molecule has 0 spiro atoms. The van der Waals surface area contributed by atoms with Gasteiger partial charge in [-0.05, 0) is 30.0 Å². The Kier molecular flexibility index (Phi) is 3.26. The molecule has 1 atom stereocenters. The number of carboxylic acid groups (broad SMARTS) is 1. The number of benzene rings is 1. The first kappa shape index (κ1) is 11.6. The van der Waals surface area contributed by atoms with Crippen LogP contribution in [-0.4, -0.2) is 17.6 Å². The van der Waals surface area contributed by atoms with Crippen molar-refractivity contribution >= 4 is 34.9 Å². The summed E-state index contributed by atoms with van der Waals surface area (Å²) in [6.07, 6.45) is 0.904. The Labute approximate surface area is 103 Å². The monoisotopic (exact) mass is 259 g/mol. The molecule has 0 saturated carbocycles. The molecular weight excluding hydrogens is 249 g/mol. The van der Waals surface area contributed by atoms with Crippen molar-refractivity contribution in [1.82, 2.24) is 0 Å². The molecule has 1 aromatic carbocycles. The zero-order chi connectivity index (χ0) is 11.7. The van der Waals surface area contributed by atoms with Crippen molar-refractivity contribution in [2.45, 2.75) is 18.8 Å². The van der Waals surface area contributed by atoms with Gasteiger partial charge in [-0.15, -0.1) is 0 Å². The number of halogens is 2. The van der Waals surface area contributed by atoms with Crippen LogP contribution >= 0.6 is 23.2 Å². The van der Waals surface area contributed by atoms with Crippen LogP contribution in [-0.2, 0) is 4.79 Å². The van der Waals surface area contributed by atoms with E-state index >= 15 is 0 Å². The molecule has 0 aliphatic carbocycles. The van der Waals surface area contributed by atoms with Crippen LogP contribution in [0.2, 0.25) is 10.0 Å². The van der Waals surface area contributed by atoms with Gasteiger partial charge in [-0.1, -0.05) is 23.2 Å². The molecule has 0 radical (unpaired) electrons.